The van der Waals surface area contributed by atoms with Crippen molar-refractivity contribution in [1.29, 1.82) is 0 Å². The lowest BCUT2D eigenvalue weighted by atomic mass is 9.83. The molecule has 0 spiro atoms. The summed E-state index contributed by atoms with van der Waals surface area (Å²) in [6.45, 7) is 5.27. The number of nitrogens with two attached hydrogens (primary N) is 1. The van der Waals surface area contributed by atoms with Crippen LogP contribution in [-0.4, -0.2) is 54.5 Å². The van der Waals surface area contributed by atoms with E-state index in [9.17, 15) is 4.79 Å². The van der Waals surface area contributed by atoms with Crippen molar-refractivity contribution in [3.8, 4) is 0 Å². The van der Waals surface area contributed by atoms with Gasteiger partial charge in [0.05, 0.1) is 0 Å². The van der Waals surface area contributed by atoms with E-state index < -0.39 is 0 Å². The highest BCUT2D eigenvalue weighted by Crippen LogP contribution is 2.27. The van der Waals surface area contributed by atoms with Crippen molar-refractivity contribution in [3.63, 3.8) is 0 Å². The molecule has 21 heavy (non-hydrogen) atoms. The Morgan fingerprint density at radius 2 is 2.05 bits per heavy atom. The number of nitrogens with zero attached hydrogens (tertiary/aromatic N) is 2. The highest BCUT2D eigenvalue weighted by molar-refractivity contribution is 5.76. The predicted molar refractivity (Wildman–Crippen MR) is 87.1 cm³/mol. The zero-order valence-corrected chi connectivity index (χ0v) is 13.9. The van der Waals surface area contributed by atoms with Crippen LogP contribution in [0.3, 0.4) is 0 Å². The minimum atomic E-state index is 0.370. The molecule has 1 amide bonds. The first-order valence-corrected chi connectivity index (χ1v) is 8.83. The molecular weight excluding hydrogens is 262 g/mol. The Labute approximate surface area is 130 Å². The summed E-state index contributed by atoms with van der Waals surface area (Å²) in [5.41, 5.74) is 6.05. The smallest absolute Gasteiger partial charge is 0.222 e. The van der Waals surface area contributed by atoms with Gasteiger partial charge >= 0.3 is 0 Å². The molecule has 0 radical (unpaired) electrons. The van der Waals surface area contributed by atoms with Crippen molar-refractivity contribution in [3.05, 3.63) is 0 Å². The summed E-state index contributed by atoms with van der Waals surface area (Å²) in [5, 5.41) is 0. The summed E-state index contributed by atoms with van der Waals surface area (Å²) in [5.74, 6) is 1.05. The van der Waals surface area contributed by atoms with Crippen molar-refractivity contribution < 1.29 is 4.79 Å². The summed E-state index contributed by atoms with van der Waals surface area (Å²) >= 11 is 0. The lowest BCUT2D eigenvalue weighted by Crippen LogP contribution is -2.43. The third kappa shape index (κ3) is 4.96. The first-order chi connectivity index (χ1) is 10.1. The molecule has 1 saturated carbocycles. The molecular formula is C17H33N3O. The highest BCUT2D eigenvalue weighted by atomic mass is 16.2. The van der Waals surface area contributed by atoms with Crippen LogP contribution in [-0.2, 0) is 4.79 Å². The largest absolute Gasteiger partial charge is 0.338 e. The van der Waals surface area contributed by atoms with Crippen LogP contribution < -0.4 is 5.73 Å². The van der Waals surface area contributed by atoms with Gasteiger partial charge < -0.3 is 15.5 Å². The Hall–Kier alpha value is -0.610. The van der Waals surface area contributed by atoms with E-state index in [2.05, 4.69) is 23.8 Å². The second-order valence-electron chi connectivity index (χ2n) is 7.10. The topological polar surface area (TPSA) is 49.6 Å². The zero-order chi connectivity index (χ0) is 15.2. The normalized spacial score (nSPS) is 32.0. The van der Waals surface area contributed by atoms with Gasteiger partial charge in [0, 0.05) is 31.6 Å². The molecule has 2 aliphatic rings. The Morgan fingerprint density at radius 1 is 1.24 bits per heavy atom. The van der Waals surface area contributed by atoms with Crippen molar-refractivity contribution in [1.82, 2.24) is 9.80 Å². The summed E-state index contributed by atoms with van der Waals surface area (Å²) in [6.07, 6.45) is 8.71. The first kappa shape index (κ1) is 16.8. The van der Waals surface area contributed by atoms with Crippen molar-refractivity contribution >= 4 is 5.91 Å². The maximum atomic E-state index is 12.6. The monoisotopic (exact) mass is 295 g/mol. The standard InChI is InChI=1S/C17H33N3O/c1-3-16-13-19(2)10-5-11-20(16)17(21)9-8-14-6-4-7-15(18)12-14/h14-16H,3-13,18H2,1-2H3. The van der Waals surface area contributed by atoms with Crippen LogP contribution in [0.5, 0.6) is 0 Å². The van der Waals surface area contributed by atoms with Crippen molar-refractivity contribution in [2.24, 2.45) is 11.7 Å². The highest BCUT2D eigenvalue weighted by Gasteiger charge is 2.27. The molecule has 3 atom stereocenters. The van der Waals surface area contributed by atoms with Gasteiger partial charge in [0.15, 0.2) is 0 Å². The summed E-state index contributed by atoms with van der Waals surface area (Å²) in [4.78, 5) is 17.1. The van der Waals surface area contributed by atoms with Crippen LogP contribution in [0.25, 0.3) is 0 Å². The molecule has 0 aromatic rings. The van der Waals surface area contributed by atoms with Gasteiger partial charge in [-0.1, -0.05) is 19.8 Å². The minimum Gasteiger partial charge on any atom is -0.338 e. The molecule has 0 bridgehead atoms. The van der Waals surface area contributed by atoms with E-state index in [-0.39, 0.29) is 0 Å². The fourth-order valence-electron chi connectivity index (χ4n) is 3.99. The van der Waals surface area contributed by atoms with E-state index >= 15 is 0 Å². The molecule has 1 saturated heterocycles. The molecule has 122 valence electrons. The minimum absolute atomic E-state index is 0.370. The van der Waals surface area contributed by atoms with Gasteiger partial charge in [-0.05, 0) is 51.6 Å². The van der Waals surface area contributed by atoms with Gasteiger partial charge in [0.1, 0.15) is 0 Å². The van der Waals surface area contributed by atoms with Gasteiger partial charge in [0.2, 0.25) is 5.91 Å². The van der Waals surface area contributed by atoms with Crippen LogP contribution in [0.2, 0.25) is 0 Å². The molecule has 4 heteroatoms. The molecule has 2 fully saturated rings. The average Bonchev–Trinajstić information content (AvgIpc) is 2.66. The lowest BCUT2D eigenvalue weighted by molar-refractivity contribution is -0.133. The van der Waals surface area contributed by atoms with E-state index in [0.29, 0.717) is 23.9 Å². The third-order valence-corrected chi connectivity index (χ3v) is 5.28. The van der Waals surface area contributed by atoms with Gasteiger partial charge in [-0.15, -0.1) is 0 Å². The lowest BCUT2D eigenvalue weighted by Gasteiger charge is -2.31. The van der Waals surface area contributed by atoms with Crippen LogP contribution in [0.15, 0.2) is 0 Å². The van der Waals surface area contributed by atoms with Crippen molar-refractivity contribution in [2.45, 2.75) is 70.4 Å². The molecule has 2 rings (SSSR count). The predicted octanol–water partition coefficient (Wildman–Crippen LogP) is 2.23. The molecule has 1 aliphatic carbocycles. The maximum Gasteiger partial charge on any atom is 0.222 e. The third-order valence-electron chi connectivity index (χ3n) is 5.28. The Kier molecular flexibility index (Phi) is 6.49. The van der Waals surface area contributed by atoms with Crippen LogP contribution >= 0.6 is 0 Å². The number of likely N-dealkylation sites (N-methyl/N-ethyl adjacent to an activating group) is 1. The second-order valence-corrected chi connectivity index (χ2v) is 7.10. The maximum absolute atomic E-state index is 12.6. The Balaban J connectivity index is 1.83. The van der Waals surface area contributed by atoms with Gasteiger partial charge in [-0.2, -0.15) is 0 Å². The molecule has 0 aromatic carbocycles. The van der Waals surface area contributed by atoms with E-state index in [1.807, 2.05) is 0 Å². The number of hydrogen-bond donors (Lipinski definition) is 1. The molecule has 1 heterocycles. The average molecular weight is 295 g/mol. The van der Waals surface area contributed by atoms with E-state index in [0.717, 1.165) is 51.7 Å². The molecule has 3 unspecified atom stereocenters. The zero-order valence-electron chi connectivity index (χ0n) is 13.9. The van der Waals surface area contributed by atoms with Crippen LogP contribution in [0.4, 0.5) is 0 Å². The number of hydrogen-bond acceptors (Lipinski definition) is 3. The molecule has 1 aliphatic heterocycles. The number of amides is 1. The summed E-state index contributed by atoms with van der Waals surface area (Å²) in [7, 11) is 2.17. The van der Waals surface area contributed by atoms with Crippen molar-refractivity contribution in [2.75, 3.05) is 26.7 Å². The molecule has 2 N–H and O–H groups in total. The van der Waals surface area contributed by atoms with E-state index in [1.54, 1.807) is 0 Å². The number of carbonyl (C=O) groups excluding carboxylic acids is 1. The fraction of sp³-hybridized carbons (Fsp3) is 0.941. The Morgan fingerprint density at radius 3 is 2.76 bits per heavy atom. The van der Waals surface area contributed by atoms with Gasteiger partial charge in [-0.3, -0.25) is 4.79 Å². The second kappa shape index (κ2) is 8.14. The fourth-order valence-corrected chi connectivity index (χ4v) is 3.99. The van der Waals surface area contributed by atoms with E-state index in [1.165, 1.54) is 19.3 Å². The summed E-state index contributed by atoms with van der Waals surface area (Å²) in [6, 6.07) is 0.771. The quantitative estimate of drug-likeness (QED) is 0.865. The number of carbonyl (C=O) groups is 1. The number of rotatable bonds is 4. The molecule has 4 nitrogen and oxygen atoms in total. The summed E-state index contributed by atoms with van der Waals surface area (Å²) < 4.78 is 0. The Bertz CT molecular complexity index is 334. The first-order valence-electron chi connectivity index (χ1n) is 8.83. The SMILES string of the molecule is CCC1CN(C)CCCN1C(=O)CCC1CCCC(N)C1. The molecule has 0 aromatic heterocycles. The van der Waals surface area contributed by atoms with E-state index in [4.69, 9.17) is 5.73 Å². The van der Waals surface area contributed by atoms with Crippen LogP contribution in [0, 0.1) is 5.92 Å². The van der Waals surface area contributed by atoms with Gasteiger partial charge in [0.25, 0.3) is 0 Å². The van der Waals surface area contributed by atoms with Crippen LogP contribution in [0.1, 0.15) is 58.3 Å². The van der Waals surface area contributed by atoms with Gasteiger partial charge in [-0.25, -0.2) is 0 Å².